The summed E-state index contributed by atoms with van der Waals surface area (Å²) in [7, 11) is 1.64. The molecule has 1 aliphatic rings. The standard InChI is InChI=1S/C23H33N5O4/c1-32-21-10-9-15(17-6-2-3-7-18(17)21)13-28-14-16(12-20(28)23(30)27-31)26-22(29)19(25)8-4-5-11-24/h2-3,6-7,9-10,16,19-20,31H,4-5,8,11-14,24-25H2,1H3,(H,26,29)(H,27,30)/t16-,19-,20-/m0/s1. The average Bonchev–Trinajstić information content (AvgIpc) is 3.20. The van der Waals surface area contributed by atoms with Gasteiger partial charge in [-0.3, -0.25) is 19.7 Å². The third-order valence-corrected chi connectivity index (χ3v) is 6.04. The van der Waals surface area contributed by atoms with Gasteiger partial charge in [-0.15, -0.1) is 0 Å². The number of carbonyl (C=O) groups excluding carboxylic acids is 2. The molecular formula is C23H33N5O4. The molecule has 2 aromatic carbocycles. The Labute approximate surface area is 188 Å². The third kappa shape index (κ3) is 5.55. The summed E-state index contributed by atoms with van der Waals surface area (Å²) in [6.45, 7) is 1.53. The van der Waals surface area contributed by atoms with Gasteiger partial charge in [0.2, 0.25) is 5.91 Å². The summed E-state index contributed by atoms with van der Waals surface area (Å²) in [5, 5.41) is 14.2. The number of nitrogens with two attached hydrogens (primary N) is 2. The van der Waals surface area contributed by atoms with Crippen LogP contribution in [0.1, 0.15) is 31.2 Å². The molecule has 1 heterocycles. The number of methoxy groups -OCH3 is 1. The Kier molecular flexibility index (Phi) is 8.40. The van der Waals surface area contributed by atoms with Crippen molar-refractivity contribution in [1.82, 2.24) is 15.7 Å². The van der Waals surface area contributed by atoms with Crippen LogP contribution in [0, 0.1) is 0 Å². The number of unbranched alkanes of at least 4 members (excludes halogenated alkanes) is 1. The van der Waals surface area contributed by atoms with Gasteiger partial charge in [-0.1, -0.05) is 36.8 Å². The van der Waals surface area contributed by atoms with Crippen molar-refractivity contribution in [2.24, 2.45) is 11.5 Å². The Balaban J connectivity index is 1.74. The highest BCUT2D eigenvalue weighted by atomic mass is 16.5. The van der Waals surface area contributed by atoms with Crippen molar-refractivity contribution < 1.29 is 19.5 Å². The maximum Gasteiger partial charge on any atom is 0.260 e. The minimum Gasteiger partial charge on any atom is -0.496 e. The Morgan fingerprint density at radius 2 is 1.97 bits per heavy atom. The van der Waals surface area contributed by atoms with Crippen LogP contribution in [-0.4, -0.2) is 60.2 Å². The van der Waals surface area contributed by atoms with Gasteiger partial charge in [0.25, 0.3) is 5.91 Å². The van der Waals surface area contributed by atoms with Crippen molar-refractivity contribution in [3.8, 4) is 5.75 Å². The van der Waals surface area contributed by atoms with E-state index in [0.717, 1.165) is 34.9 Å². The topological polar surface area (TPSA) is 143 Å². The van der Waals surface area contributed by atoms with Gasteiger partial charge in [0.15, 0.2) is 0 Å². The molecule has 2 aromatic rings. The molecular weight excluding hydrogens is 410 g/mol. The molecule has 0 bridgehead atoms. The number of hydroxylamine groups is 1. The quantitative estimate of drug-likeness (QED) is 0.208. The normalized spacial score (nSPS) is 19.6. The summed E-state index contributed by atoms with van der Waals surface area (Å²) in [6.07, 6.45) is 2.58. The van der Waals surface area contributed by atoms with Gasteiger partial charge in [0, 0.05) is 24.5 Å². The van der Waals surface area contributed by atoms with Crippen molar-refractivity contribution in [2.75, 3.05) is 20.2 Å². The van der Waals surface area contributed by atoms with Crippen LogP contribution in [0.15, 0.2) is 36.4 Å². The van der Waals surface area contributed by atoms with Crippen LogP contribution in [0.25, 0.3) is 10.8 Å². The Hall–Kier alpha value is -2.72. The van der Waals surface area contributed by atoms with E-state index in [4.69, 9.17) is 16.2 Å². The molecule has 1 aliphatic heterocycles. The molecule has 0 radical (unpaired) electrons. The average molecular weight is 444 g/mol. The number of nitrogens with zero attached hydrogens (tertiary/aromatic N) is 1. The van der Waals surface area contributed by atoms with Crippen molar-refractivity contribution in [3.05, 3.63) is 42.0 Å². The lowest BCUT2D eigenvalue weighted by molar-refractivity contribution is -0.134. The zero-order chi connectivity index (χ0) is 23.1. The number of amides is 2. The van der Waals surface area contributed by atoms with E-state index in [9.17, 15) is 14.8 Å². The molecule has 1 fully saturated rings. The lowest BCUT2D eigenvalue weighted by Crippen LogP contribution is -2.46. The van der Waals surface area contributed by atoms with E-state index in [2.05, 4.69) is 5.32 Å². The first-order valence-electron chi connectivity index (χ1n) is 11.0. The highest BCUT2D eigenvalue weighted by Crippen LogP contribution is 2.30. The highest BCUT2D eigenvalue weighted by Gasteiger charge is 2.38. The first-order valence-corrected chi connectivity index (χ1v) is 11.0. The lowest BCUT2D eigenvalue weighted by atomic mass is 10.0. The van der Waals surface area contributed by atoms with Gasteiger partial charge in [0.1, 0.15) is 5.75 Å². The van der Waals surface area contributed by atoms with E-state index < -0.39 is 18.0 Å². The number of benzene rings is 2. The maximum absolute atomic E-state index is 12.5. The molecule has 9 nitrogen and oxygen atoms in total. The minimum atomic E-state index is -0.605. The zero-order valence-electron chi connectivity index (χ0n) is 18.4. The number of nitrogens with one attached hydrogen (secondary N) is 2. The summed E-state index contributed by atoms with van der Waals surface area (Å²) in [5.74, 6) is 0.0583. The van der Waals surface area contributed by atoms with E-state index in [1.165, 1.54) is 0 Å². The van der Waals surface area contributed by atoms with E-state index in [1.807, 2.05) is 41.3 Å². The van der Waals surface area contributed by atoms with Crippen molar-refractivity contribution in [3.63, 3.8) is 0 Å². The molecule has 0 aromatic heterocycles. The van der Waals surface area contributed by atoms with E-state index in [-0.39, 0.29) is 11.9 Å². The Morgan fingerprint density at radius 1 is 1.22 bits per heavy atom. The van der Waals surface area contributed by atoms with E-state index >= 15 is 0 Å². The predicted octanol–water partition coefficient (Wildman–Crippen LogP) is 0.869. The molecule has 1 saturated heterocycles. The molecule has 3 rings (SSSR count). The van der Waals surface area contributed by atoms with Crippen LogP contribution in [0.2, 0.25) is 0 Å². The smallest absolute Gasteiger partial charge is 0.260 e. The number of likely N-dealkylation sites (tertiary alicyclic amines) is 1. The van der Waals surface area contributed by atoms with Gasteiger partial charge < -0.3 is 21.5 Å². The molecule has 0 aliphatic carbocycles. The monoisotopic (exact) mass is 443 g/mol. The molecule has 32 heavy (non-hydrogen) atoms. The minimum absolute atomic E-state index is 0.230. The van der Waals surface area contributed by atoms with Gasteiger partial charge in [-0.25, -0.2) is 5.48 Å². The van der Waals surface area contributed by atoms with Gasteiger partial charge in [0.05, 0.1) is 19.2 Å². The summed E-state index contributed by atoms with van der Waals surface area (Å²) < 4.78 is 5.47. The molecule has 9 heteroatoms. The number of rotatable bonds is 10. The molecule has 7 N–H and O–H groups in total. The van der Waals surface area contributed by atoms with E-state index in [0.29, 0.717) is 32.5 Å². The fourth-order valence-corrected chi connectivity index (χ4v) is 4.35. The zero-order valence-corrected chi connectivity index (χ0v) is 18.4. The van der Waals surface area contributed by atoms with Crippen molar-refractivity contribution in [1.29, 1.82) is 0 Å². The Morgan fingerprint density at radius 3 is 2.66 bits per heavy atom. The second-order valence-electron chi connectivity index (χ2n) is 8.23. The molecule has 3 atom stereocenters. The molecule has 0 spiro atoms. The van der Waals surface area contributed by atoms with Crippen LogP contribution in [0.3, 0.4) is 0 Å². The number of hydrogen-bond acceptors (Lipinski definition) is 7. The number of hydrogen-bond donors (Lipinski definition) is 5. The van der Waals surface area contributed by atoms with Crippen molar-refractivity contribution >= 4 is 22.6 Å². The summed E-state index contributed by atoms with van der Waals surface area (Å²) >= 11 is 0. The van der Waals surface area contributed by atoms with Crippen molar-refractivity contribution in [2.45, 2.75) is 50.4 Å². The lowest BCUT2D eigenvalue weighted by Gasteiger charge is -2.23. The van der Waals surface area contributed by atoms with Gasteiger partial charge in [-0.05, 0) is 42.8 Å². The van der Waals surface area contributed by atoms with Crippen LogP contribution >= 0.6 is 0 Å². The fraction of sp³-hybridized carbons (Fsp3) is 0.478. The fourth-order valence-electron chi connectivity index (χ4n) is 4.35. The summed E-state index contributed by atoms with van der Waals surface area (Å²) in [5.41, 5.74) is 14.3. The second-order valence-corrected chi connectivity index (χ2v) is 8.23. The van der Waals surface area contributed by atoms with Crippen LogP contribution in [0.4, 0.5) is 0 Å². The van der Waals surface area contributed by atoms with Crippen LogP contribution in [-0.2, 0) is 16.1 Å². The third-order valence-electron chi connectivity index (χ3n) is 6.04. The summed E-state index contributed by atoms with van der Waals surface area (Å²) in [4.78, 5) is 26.8. The van der Waals surface area contributed by atoms with Crippen LogP contribution < -0.4 is 27.0 Å². The number of carbonyl (C=O) groups is 2. The molecule has 174 valence electrons. The second kappa shape index (κ2) is 11.2. The van der Waals surface area contributed by atoms with Gasteiger partial charge in [-0.2, -0.15) is 0 Å². The van der Waals surface area contributed by atoms with Gasteiger partial charge >= 0.3 is 0 Å². The predicted molar refractivity (Wildman–Crippen MR) is 122 cm³/mol. The first kappa shape index (κ1) is 23.9. The largest absolute Gasteiger partial charge is 0.496 e. The first-order chi connectivity index (χ1) is 15.5. The Bertz CT molecular complexity index is 938. The highest BCUT2D eigenvalue weighted by molar-refractivity contribution is 5.91. The van der Waals surface area contributed by atoms with E-state index in [1.54, 1.807) is 12.6 Å². The van der Waals surface area contributed by atoms with Crippen LogP contribution in [0.5, 0.6) is 5.75 Å². The number of ether oxygens (including phenoxy) is 1. The molecule has 2 amide bonds. The SMILES string of the molecule is COc1ccc(CN2C[C@@H](NC(=O)[C@@H](N)CCCCN)C[C@H]2C(=O)NO)c2ccccc12. The number of fused-ring (bicyclic) bond motifs is 1. The molecule has 0 unspecified atom stereocenters. The maximum atomic E-state index is 12.5. The summed E-state index contributed by atoms with van der Waals surface area (Å²) in [6, 6.07) is 10.4. The molecule has 0 saturated carbocycles.